The maximum Gasteiger partial charge on any atom is 0.328 e. The van der Waals surface area contributed by atoms with Crippen LogP contribution in [0.1, 0.15) is 6.92 Å². The number of hydrogen-bond acceptors (Lipinski definition) is 4. The molecule has 0 amide bonds. The Morgan fingerprint density at radius 1 is 1.43 bits per heavy atom. The number of carbonyl (C=O) groups is 2. The normalized spacial score (nSPS) is 10.9. The monoisotopic (exact) mass is 312 g/mol. The van der Waals surface area contributed by atoms with Gasteiger partial charge in [-0.3, -0.25) is 0 Å². The van der Waals surface area contributed by atoms with Crippen LogP contribution in [0.3, 0.4) is 0 Å². The third-order valence-electron chi connectivity index (χ3n) is 0.726. The van der Waals surface area contributed by atoms with Crippen LogP contribution in [0.5, 0.6) is 0 Å². The second-order valence-electron chi connectivity index (χ2n) is 1.97. The first kappa shape index (κ1) is 15.3. The number of halogens is 1. The molecule has 0 aromatic rings. The molecule has 0 aliphatic heterocycles. The molecular weight excluding hydrogens is 303 g/mol. The van der Waals surface area contributed by atoms with Crippen LogP contribution < -0.4 is 3.53 Å². The number of rotatable bonds is 3. The van der Waals surface area contributed by atoms with Crippen molar-refractivity contribution in [2.45, 2.75) is 13.0 Å². The molecule has 0 fully saturated rings. The maximum absolute atomic E-state index is 9.55. The molecule has 0 radical (unpaired) electrons. The zero-order chi connectivity index (χ0) is 11.6. The Bertz CT molecular complexity index is 243. The van der Waals surface area contributed by atoms with Gasteiger partial charge < -0.3 is 10.2 Å². The molecule has 0 bridgehead atoms. The van der Waals surface area contributed by atoms with Crippen molar-refractivity contribution in [2.24, 2.45) is 0 Å². The van der Waals surface area contributed by atoms with Crippen LogP contribution in [0.25, 0.3) is 0 Å². The van der Waals surface area contributed by atoms with Gasteiger partial charge in [0.1, 0.15) is 6.04 Å². The molecule has 1 unspecified atom stereocenters. The topological polar surface area (TPSA) is 110 Å². The Morgan fingerprint density at radius 3 is 1.86 bits per heavy atom. The first-order chi connectivity index (χ1) is 6.43. The van der Waals surface area contributed by atoms with Crippen molar-refractivity contribution in [1.82, 2.24) is 3.53 Å². The van der Waals surface area contributed by atoms with Crippen molar-refractivity contribution in [3.8, 4) is 6.07 Å². The van der Waals surface area contributed by atoms with E-state index in [1.165, 1.54) is 0 Å². The van der Waals surface area contributed by atoms with Crippen molar-refractivity contribution < 1.29 is 19.8 Å². The maximum atomic E-state index is 9.55. The van der Waals surface area contributed by atoms with E-state index in [-0.39, 0.29) is 6.04 Å². The summed E-state index contributed by atoms with van der Waals surface area (Å²) in [6.45, 7) is 1.80. The number of nitriles is 1. The van der Waals surface area contributed by atoms with Crippen molar-refractivity contribution >= 4 is 34.8 Å². The lowest BCUT2D eigenvalue weighted by atomic mass is 10.4. The number of hydrogen-bond donors (Lipinski definition) is 3. The highest BCUT2D eigenvalue weighted by Crippen LogP contribution is 1.78. The Kier molecular flexibility index (Phi) is 10.9. The Labute approximate surface area is 94.7 Å². The van der Waals surface area contributed by atoms with E-state index in [9.17, 15) is 9.59 Å². The van der Waals surface area contributed by atoms with Gasteiger partial charge in [0.15, 0.2) is 0 Å². The summed E-state index contributed by atoms with van der Waals surface area (Å²) in [6.07, 6.45) is 1.12. The first-order valence-corrected chi connectivity index (χ1v) is 4.41. The third kappa shape index (κ3) is 17.1. The molecule has 78 valence electrons. The fourth-order valence-corrected chi connectivity index (χ4v) is 0.306. The number of nitrogens with one attached hydrogen (secondary N) is 1. The third-order valence-corrected chi connectivity index (χ3v) is 1.66. The molecule has 0 aliphatic carbocycles. The molecule has 3 N–H and O–H groups in total. The van der Waals surface area contributed by atoms with Gasteiger partial charge in [0, 0.05) is 35.0 Å². The largest absolute Gasteiger partial charge is 0.478 e. The van der Waals surface area contributed by atoms with Gasteiger partial charge in [-0.15, -0.1) is 0 Å². The van der Waals surface area contributed by atoms with E-state index in [1.54, 1.807) is 6.92 Å². The number of carboxylic acids is 2. The Morgan fingerprint density at radius 2 is 1.79 bits per heavy atom. The summed E-state index contributed by atoms with van der Waals surface area (Å²) in [5.74, 6) is -2.51. The van der Waals surface area contributed by atoms with Crippen LogP contribution in [-0.2, 0) is 9.59 Å². The first-order valence-electron chi connectivity index (χ1n) is 3.33. The Balaban J connectivity index is 0. The van der Waals surface area contributed by atoms with E-state index in [4.69, 9.17) is 15.5 Å². The molecule has 14 heavy (non-hydrogen) atoms. The van der Waals surface area contributed by atoms with Crippen molar-refractivity contribution in [2.75, 3.05) is 0 Å². The fraction of sp³-hybridized carbons (Fsp3) is 0.286. The minimum atomic E-state index is -1.26. The van der Waals surface area contributed by atoms with Crippen LogP contribution in [0, 0.1) is 11.3 Å². The van der Waals surface area contributed by atoms with Gasteiger partial charge in [0.25, 0.3) is 0 Å². The predicted octanol–water partition coefficient (Wildman–Crippen LogP) is 0.550. The van der Waals surface area contributed by atoms with Gasteiger partial charge in [-0.1, -0.05) is 0 Å². The van der Waals surface area contributed by atoms with Crippen LogP contribution in [0.4, 0.5) is 0 Å². The van der Waals surface area contributed by atoms with Crippen LogP contribution in [0.2, 0.25) is 0 Å². The molecule has 7 heteroatoms. The summed E-state index contributed by atoms with van der Waals surface area (Å²) >= 11 is 1.94. The van der Waals surface area contributed by atoms with Crippen molar-refractivity contribution in [1.29, 1.82) is 5.26 Å². The molecule has 0 saturated heterocycles. The molecule has 0 aromatic carbocycles. The van der Waals surface area contributed by atoms with Gasteiger partial charge >= 0.3 is 11.9 Å². The number of nitrogens with zero attached hydrogens (tertiary/aromatic N) is 1. The van der Waals surface area contributed by atoms with Crippen LogP contribution in [0.15, 0.2) is 12.2 Å². The second kappa shape index (κ2) is 9.94. The molecule has 0 aliphatic rings. The molecule has 0 heterocycles. The zero-order valence-electron chi connectivity index (χ0n) is 7.27. The average Bonchev–Trinajstić information content (AvgIpc) is 2.14. The zero-order valence-corrected chi connectivity index (χ0v) is 9.43. The van der Waals surface area contributed by atoms with E-state index >= 15 is 0 Å². The summed E-state index contributed by atoms with van der Waals surface area (Å²) in [4.78, 5) is 19.1. The highest BCUT2D eigenvalue weighted by molar-refractivity contribution is 14.1. The lowest BCUT2D eigenvalue weighted by molar-refractivity contribution is -0.134. The lowest BCUT2D eigenvalue weighted by Gasteiger charge is -1.89. The predicted molar refractivity (Wildman–Crippen MR) is 56.6 cm³/mol. The van der Waals surface area contributed by atoms with Gasteiger partial charge in [0.05, 0.1) is 6.07 Å². The molecule has 0 saturated carbocycles. The highest BCUT2D eigenvalue weighted by atomic mass is 127. The van der Waals surface area contributed by atoms with Crippen molar-refractivity contribution in [3.05, 3.63) is 12.2 Å². The summed E-state index contributed by atoms with van der Waals surface area (Å²) in [5, 5.41) is 23.6. The second-order valence-corrected chi connectivity index (χ2v) is 2.59. The minimum absolute atomic E-state index is 0.0226. The van der Waals surface area contributed by atoms with Crippen molar-refractivity contribution in [3.63, 3.8) is 0 Å². The summed E-state index contributed by atoms with van der Waals surface area (Å²) in [7, 11) is 0. The van der Waals surface area contributed by atoms with Gasteiger partial charge in [-0.2, -0.15) is 5.26 Å². The minimum Gasteiger partial charge on any atom is -0.478 e. The van der Waals surface area contributed by atoms with E-state index in [1.807, 2.05) is 28.9 Å². The van der Waals surface area contributed by atoms with Gasteiger partial charge in [-0.05, 0) is 6.92 Å². The molecular formula is C7H9IN2O4. The molecule has 0 aromatic heterocycles. The SMILES string of the molecule is CC(C#N)NI.O=C(O)C=CC(=O)O. The van der Waals surface area contributed by atoms with E-state index < -0.39 is 11.9 Å². The van der Waals surface area contributed by atoms with Crippen LogP contribution in [-0.4, -0.2) is 28.2 Å². The Hall–Kier alpha value is -1.14. The highest BCUT2D eigenvalue weighted by Gasteiger charge is 1.88. The summed E-state index contributed by atoms with van der Waals surface area (Å²) in [6, 6.07) is 1.97. The molecule has 1 atom stereocenters. The van der Waals surface area contributed by atoms with E-state index in [0.717, 1.165) is 0 Å². The van der Waals surface area contributed by atoms with Gasteiger partial charge in [0.2, 0.25) is 0 Å². The standard InChI is InChI=1S/C4H4O4.C3H5IN2/c5-3(6)1-2-4(7)8;1-3(2-5)6-4/h1-2H,(H,5,6)(H,7,8);3,6H,1H3. The molecule has 0 rings (SSSR count). The number of aliphatic carboxylic acids is 2. The van der Waals surface area contributed by atoms with Crippen LogP contribution >= 0.6 is 22.9 Å². The molecule has 0 spiro atoms. The van der Waals surface area contributed by atoms with E-state index in [2.05, 4.69) is 3.53 Å². The lowest BCUT2D eigenvalue weighted by Crippen LogP contribution is -2.10. The quantitative estimate of drug-likeness (QED) is 0.399. The molecule has 6 nitrogen and oxygen atoms in total. The number of carboxylic acid groups (broad SMARTS) is 2. The smallest absolute Gasteiger partial charge is 0.328 e. The average molecular weight is 312 g/mol. The summed E-state index contributed by atoms with van der Waals surface area (Å²) in [5.41, 5.74) is 0. The fourth-order valence-electron chi connectivity index (χ4n) is 0.167. The van der Waals surface area contributed by atoms with E-state index in [0.29, 0.717) is 12.2 Å². The summed E-state index contributed by atoms with van der Waals surface area (Å²) < 4.78 is 2.72. The van der Waals surface area contributed by atoms with Gasteiger partial charge in [-0.25, -0.2) is 13.1 Å².